The molecule has 0 atom stereocenters. The normalized spacial score (nSPS) is 11.7. The molecule has 49 heavy (non-hydrogen) atoms. The van der Waals surface area contributed by atoms with Crippen LogP contribution < -0.4 is 0 Å². The molecular weight excluding hydrogens is 591 g/mol. The highest BCUT2D eigenvalue weighted by Gasteiger charge is 2.20. The van der Waals surface area contributed by atoms with Crippen molar-refractivity contribution in [2.75, 3.05) is 0 Å². The molecule has 0 fully saturated rings. The maximum atomic E-state index is 2.41. The Bertz CT molecular complexity index is 2800. The van der Waals surface area contributed by atoms with Gasteiger partial charge in [-0.3, -0.25) is 0 Å². The molecule has 0 bridgehead atoms. The van der Waals surface area contributed by atoms with Crippen molar-refractivity contribution in [1.29, 1.82) is 0 Å². The highest BCUT2D eigenvalue weighted by Crippen LogP contribution is 2.47. The zero-order chi connectivity index (χ0) is 32.3. The summed E-state index contributed by atoms with van der Waals surface area (Å²) in [7, 11) is 0. The van der Waals surface area contributed by atoms with Crippen molar-refractivity contribution in [3.8, 4) is 39.1 Å². The van der Waals surface area contributed by atoms with Gasteiger partial charge in [0.2, 0.25) is 0 Å². The molecule has 10 rings (SSSR count). The molecule has 1 heterocycles. The Labute approximate surface area is 284 Å². The van der Waals surface area contributed by atoms with Gasteiger partial charge in [0, 0.05) is 16.5 Å². The molecule has 10 aromatic rings. The lowest BCUT2D eigenvalue weighted by atomic mass is 9.83. The molecule has 0 radical (unpaired) electrons. The summed E-state index contributed by atoms with van der Waals surface area (Å²) in [6.45, 7) is 0. The Hall–Kier alpha value is -6.44. The van der Waals surface area contributed by atoms with Crippen molar-refractivity contribution in [3.05, 3.63) is 188 Å². The first-order valence-corrected chi connectivity index (χ1v) is 17.0. The molecule has 0 saturated carbocycles. The number of hydrogen-bond donors (Lipinski definition) is 0. The molecular formula is C48H31N. The number of nitrogens with zero attached hydrogens (tertiary/aromatic N) is 1. The molecule has 228 valence electrons. The number of rotatable bonds is 4. The van der Waals surface area contributed by atoms with Crippen molar-refractivity contribution in [1.82, 2.24) is 4.57 Å². The molecule has 0 aliphatic rings. The summed E-state index contributed by atoms with van der Waals surface area (Å²) in [4.78, 5) is 0. The minimum atomic E-state index is 1.17. The Morgan fingerprint density at radius 1 is 0.265 bits per heavy atom. The van der Waals surface area contributed by atoms with Crippen molar-refractivity contribution in [3.63, 3.8) is 0 Å². The molecule has 1 heteroatoms. The molecule has 0 aliphatic carbocycles. The average Bonchev–Trinajstić information content (AvgIpc) is 3.51. The van der Waals surface area contributed by atoms with Gasteiger partial charge in [0.15, 0.2) is 0 Å². The number of aromatic nitrogens is 1. The second-order valence-electron chi connectivity index (χ2n) is 12.8. The molecule has 0 saturated heterocycles. The number of hydrogen-bond acceptors (Lipinski definition) is 0. The molecule has 9 aromatic carbocycles. The van der Waals surface area contributed by atoms with E-state index < -0.39 is 0 Å². The first kappa shape index (κ1) is 27.7. The zero-order valence-electron chi connectivity index (χ0n) is 26.8. The van der Waals surface area contributed by atoms with E-state index in [2.05, 4.69) is 193 Å². The van der Waals surface area contributed by atoms with E-state index in [9.17, 15) is 0 Å². The third-order valence-corrected chi connectivity index (χ3v) is 10.2. The third-order valence-electron chi connectivity index (χ3n) is 10.2. The first-order chi connectivity index (χ1) is 24.3. The number of fused-ring (bicyclic) bond motifs is 6. The average molecular weight is 622 g/mol. The third kappa shape index (κ3) is 4.26. The van der Waals surface area contributed by atoms with Gasteiger partial charge in [0.25, 0.3) is 0 Å². The lowest BCUT2D eigenvalue weighted by Gasteiger charge is -2.20. The summed E-state index contributed by atoms with van der Waals surface area (Å²) in [6.07, 6.45) is 0. The van der Waals surface area contributed by atoms with Crippen LogP contribution in [0, 0.1) is 0 Å². The molecule has 1 nitrogen and oxygen atoms in total. The molecule has 0 N–H and O–H groups in total. The second-order valence-corrected chi connectivity index (χ2v) is 12.8. The van der Waals surface area contributed by atoms with Gasteiger partial charge in [-0.1, -0.05) is 158 Å². The van der Waals surface area contributed by atoms with Crippen LogP contribution in [0.15, 0.2) is 188 Å². The van der Waals surface area contributed by atoms with E-state index in [0.717, 1.165) is 0 Å². The minimum Gasteiger partial charge on any atom is -0.309 e. The van der Waals surface area contributed by atoms with Crippen LogP contribution >= 0.6 is 0 Å². The van der Waals surface area contributed by atoms with E-state index in [1.165, 1.54) is 93.2 Å². The van der Waals surface area contributed by atoms with Crippen LogP contribution in [0.25, 0.3) is 93.2 Å². The molecule has 1 aromatic heterocycles. The maximum Gasteiger partial charge on any atom is 0.0541 e. The monoisotopic (exact) mass is 621 g/mol. The van der Waals surface area contributed by atoms with Gasteiger partial charge in [-0.05, 0) is 96.0 Å². The van der Waals surface area contributed by atoms with E-state index in [-0.39, 0.29) is 0 Å². The van der Waals surface area contributed by atoms with Crippen molar-refractivity contribution >= 4 is 54.1 Å². The predicted octanol–water partition coefficient (Wildman–Crippen LogP) is 13.2. The van der Waals surface area contributed by atoms with E-state index in [4.69, 9.17) is 0 Å². The van der Waals surface area contributed by atoms with Crippen LogP contribution in [0.1, 0.15) is 0 Å². The van der Waals surface area contributed by atoms with E-state index in [1.54, 1.807) is 0 Å². The van der Waals surface area contributed by atoms with Gasteiger partial charge in [0.05, 0.1) is 11.0 Å². The second kappa shape index (κ2) is 11.1. The van der Waals surface area contributed by atoms with Crippen LogP contribution in [0.2, 0.25) is 0 Å². The smallest absolute Gasteiger partial charge is 0.0541 e. The fourth-order valence-corrected chi connectivity index (χ4v) is 8.10. The molecule has 0 unspecified atom stereocenters. The van der Waals surface area contributed by atoms with Crippen LogP contribution in [0.5, 0.6) is 0 Å². The Morgan fingerprint density at radius 3 is 1.39 bits per heavy atom. The van der Waals surface area contributed by atoms with Crippen LogP contribution in [0.3, 0.4) is 0 Å². The van der Waals surface area contributed by atoms with Crippen molar-refractivity contribution in [2.45, 2.75) is 0 Å². The summed E-state index contributed by atoms with van der Waals surface area (Å²) in [6, 6.07) is 68.7. The number of benzene rings is 9. The van der Waals surface area contributed by atoms with Crippen LogP contribution in [-0.4, -0.2) is 4.57 Å². The molecule has 0 amide bonds. The predicted molar refractivity (Wildman–Crippen MR) is 210 cm³/mol. The largest absolute Gasteiger partial charge is 0.309 e. The summed E-state index contributed by atoms with van der Waals surface area (Å²) in [5.74, 6) is 0. The zero-order valence-corrected chi connectivity index (χ0v) is 26.8. The summed E-state index contributed by atoms with van der Waals surface area (Å²) < 4.78 is 2.39. The van der Waals surface area contributed by atoms with Crippen molar-refractivity contribution < 1.29 is 0 Å². The van der Waals surface area contributed by atoms with E-state index >= 15 is 0 Å². The summed E-state index contributed by atoms with van der Waals surface area (Å²) in [5.41, 5.74) is 11.1. The molecule has 0 aliphatic heterocycles. The van der Waals surface area contributed by atoms with Crippen LogP contribution in [-0.2, 0) is 0 Å². The standard InChI is InChI=1S/C48H31N/c1-3-15-32(16-4-1)35-28-29-43(37-20-8-7-19-36(35)37)48-41-24-11-9-22-39(41)47(40-23-10-12-25-42(40)48)33-27-30-46-44(31-33)38-21-13-14-26-45(38)49(46)34-17-5-2-6-18-34/h1-31H. The highest BCUT2D eigenvalue weighted by atomic mass is 15.0. The topological polar surface area (TPSA) is 4.93 Å². The molecule has 0 spiro atoms. The lowest BCUT2D eigenvalue weighted by Crippen LogP contribution is -1.94. The lowest BCUT2D eigenvalue weighted by molar-refractivity contribution is 1.18. The van der Waals surface area contributed by atoms with Gasteiger partial charge < -0.3 is 4.57 Å². The van der Waals surface area contributed by atoms with Crippen molar-refractivity contribution in [2.24, 2.45) is 0 Å². The van der Waals surface area contributed by atoms with E-state index in [1.807, 2.05) is 0 Å². The van der Waals surface area contributed by atoms with Crippen LogP contribution in [0.4, 0.5) is 0 Å². The van der Waals surface area contributed by atoms with Gasteiger partial charge in [0.1, 0.15) is 0 Å². The van der Waals surface area contributed by atoms with Gasteiger partial charge >= 0.3 is 0 Å². The van der Waals surface area contributed by atoms with Gasteiger partial charge in [-0.2, -0.15) is 0 Å². The van der Waals surface area contributed by atoms with Gasteiger partial charge in [-0.15, -0.1) is 0 Å². The fraction of sp³-hybridized carbons (Fsp3) is 0. The van der Waals surface area contributed by atoms with Gasteiger partial charge in [-0.25, -0.2) is 0 Å². The Morgan fingerprint density at radius 2 is 0.735 bits per heavy atom. The SMILES string of the molecule is c1ccc(-c2ccc(-c3c4ccccc4c(-c4ccc5c(c4)c4ccccc4n5-c4ccccc4)c4ccccc34)c3ccccc23)cc1. The van der Waals surface area contributed by atoms with E-state index in [0.29, 0.717) is 0 Å². The quantitative estimate of drug-likeness (QED) is 0.172. The summed E-state index contributed by atoms with van der Waals surface area (Å²) >= 11 is 0. The highest BCUT2D eigenvalue weighted by molar-refractivity contribution is 6.24. The maximum absolute atomic E-state index is 2.41. The Kier molecular flexibility index (Phi) is 6.25. The minimum absolute atomic E-state index is 1.17. The Balaban J connectivity index is 1.27. The first-order valence-electron chi connectivity index (χ1n) is 17.0. The summed E-state index contributed by atoms with van der Waals surface area (Å²) in [5, 5.41) is 10.1. The fourth-order valence-electron chi connectivity index (χ4n) is 8.10. The number of para-hydroxylation sites is 2.